The van der Waals surface area contributed by atoms with Gasteiger partial charge < -0.3 is 10.1 Å². The number of nitrogens with one attached hydrogen (secondary N) is 1. The minimum absolute atomic E-state index is 0.131. The van der Waals surface area contributed by atoms with Crippen molar-refractivity contribution in [2.45, 2.75) is 26.1 Å². The zero-order valence-corrected chi connectivity index (χ0v) is 14.7. The lowest BCUT2D eigenvalue weighted by molar-refractivity contribution is -0.137. The number of hydrogen-bond acceptors (Lipinski definition) is 6. The molecule has 1 N–H and O–H groups in total. The third-order valence-electron chi connectivity index (χ3n) is 3.75. The maximum absolute atomic E-state index is 12.6. The standard InChI is InChI=1S/C17H14F3N5O3/c1-9-7-8-21-16-23-13(24-25(9)16)15(27)28-10(2)14(26)22-12-5-3-11(4-6-12)17(18,19)20/h3-8,10H,1-2H3,(H,22,26). The number of carbonyl (C=O) groups is 2. The molecule has 2 heterocycles. The first-order valence-corrected chi connectivity index (χ1v) is 8.02. The molecule has 8 nitrogen and oxygen atoms in total. The fourth-order valence-corrected chi connectivity index (χ4v) is 2.25. The van der Waals surface area contributed by atoms with E-state index in [4.69, 9.17) is 4.74 Å². The van der Waals surface area contributed by atoms with Crippen LogP contribution in [0.15, 0.2) is 36.5 Å². The molecule has 146 valence electrons. The largest absolute Gasteiger partial charge is 0.447 e. The molecule has 0 saturated carbocycles. The highest BCUT2D eigenvalue weighted by Crippen LogP contribution is 2.29. The number of ether oxygens (including phenoxy) is 1. The highest BCUT2D eigenvalue weighted by molar-refractivity contribution is 5.96. The number of anilines is 1. The van der Waals surface area contributed by atoms with Crippen molar-refractivity contribution in [3.8, 4) is 0 Å². The van der Waals surface area contributed by atoms with E-state index in [0.717, 1.165) is 24.3 Å². The first-order chi connectivity index (χ1) is 13.1. The van der Waals surface area contributed by atoms with E-state index in [0.29, 0.717) is 5.69 Å². The molecule has 3 aromatic rings. The van der Waals surface area contributed by atoms with Crippen molar-refractivity contribution >= 4 is 23.3 Å². The molecule has 1 unspecified atom stereocenters. The summed E-state index contributed by atoms with van der Waals surface area (Å²) in [4.78, 5) is 32.2. The number of aryl methyl sites for hydroxylation is 1. The summed E-state index contributed by atoms with van der Waals surface area (Å²) < 4.78 is 44.0. The van der Waals surface area contributed by atoms with Crippen molar-refractivity contribution < 1.29 is 27.5 Å². The van der Waals surface area contributed by atoms with Gasteiger partial charge in [-0.3, -0.25) is 4.79 Å². The lowest BCUT2D eigenvalue weighted by Crippen LogP contribution is -2.30. The van der Waals surface area contributed by atoms with E-state index in [9.17, 15) is 22.8 Å². The van der Waals surface area contributed by atoms with Crippen molar-refractivity contribution in [1.82, 2.24) is 19.6 Å². The van der Waals surface area contributed by atoms with Gasteiger partial charge in [-0.2, -0.15) is 18.2 Å². The van der Waals surface area contributed by atoms with Gasteiger partial charge in [0.2, 0.25) is 0 Å². The molecule has 2 aromatic heterocycles. The van der Waals surface area contributed by atoms with Gasteiger partial charge in [0.1, 0.15) is 0 Å². The normalized spacial score (nSPS) is 12.6. The van der Waals surface area contributed by atoms with Gasteiger partial charge >= 0.3 is 12.1 Å². The van der Waals surface area contributed by atoms with Crippen LogP contribution in [0.2, 0.25) is 0 Å². The minimum atomic E-state index is -4.47. The van der Waals surface area contributed by atoms with Crippen LogP contribution in [0.4, 0.5) is 18.9 Å². The molecule has 0 aliphatic rings. The number of fused-ring (bicyclic) bond motifs is 1. The topological polar surface area (TPSA) is 98.5 Å². The summed E-state index contributed by atoms with van der Waals surface area (Å²) in [5.74, 6) is -1.71. The SMILES string of the molecule is Cc1ccnc2nc(C(=O)OC(C)C(=O)Nc3ccc(C(F)(F)F)cc3)nn12. The molecule has 3 rings (SSSR count). The average molecular weight is 393 g/mol. The van der Waals surface area contributed by atoms with Crippen molar-refractivity contribution in [2.24, 2.45) is 0 Å². The number of aromatic nitrogens is 4. The Labute approximate surface area is 156 Å². The summed E-state index contributed by atoms with van der Waals surface area (Å²) in [5.41, 5.74) is -0.0111. The Hall–Kier alpha value is -3.50. The monoisotopic (exact) mass is 393 g/mol. The zero-order chi connectivity index (χ0) is 20.5. The zero-order valence-electron chi connectivity index (χ0n) is 14.7. The van der Waals surface area contributed by atoms with Crippen molar-refractivity contribution in [1.29, 1.82) is 0 Å². The number of hydrogen-bond donors (Lipinski definition) is 1. The van der Waals surface area contributed by atoms with Gasteiger partial charge in [0.25, 0.3) is 17.5 Å². The Morgan fingerprint density at radius 2 is 1.86 bits per heavy atom. The molecule has 1 aromatic carbocycles. The van der Waals surface area contributed by atoms with Gasteiger partial charge in [0, 0.05) is 17.6 Å². The van der Waals surface area contributed by atoms with Gasteiger partial charge in [-0.25, -0.2) is 14.3 Å². The van der Waals surface area contributed by atoms with E-state index in [1.165, 1.54) is 17.6 Å². The van der Waals surface area contributed by atoms with Crippen molar-refractivity contribution in [2.75, 3.05) is 5.32 Å². The first kappa shape index (κ1) is 19.3. The number of benzene rings is 1. The Bertz CT molecular complexity index is 1030. The predicted octanol–water partition coefficient (Wildman–Crippen LogP) is 2.64. The smallest absolute Gasteiger partial charge is 0.416 e. The van der Waals surface area contributed by atoms with Gasteiger partial charge in [0.05, 0.1) is 5.56 Å². The second-order valence-electron chi connectivity index (χ2n) is 5.85. The van der Waals surface area contributed by atoms with Gasteiger partial charge in [-0.1, -0.05) is 0 Å². The fraction of sp³-hybridized carbons (Fsp3) is 0.235. The molecule has 1 amide bonds. The van der Waals surface area contributed by atoms with Crippen molar-refractivity contribution in [3.63, 3.8) is 0 Å². The van der Waals surface area contributed by atoms with Crippen LogP contribution in [0.1, 0.15) is 28.8 Å². The van der Waals surface area contributed by atoms with Crippen LogP contribution in [0.5, 0.6) is 0 Å². The van der Waals surface area contributed by atoms with E-state index in [1.54, 1.807) is 13.0 Å². The fourth-order valence-electron chi connectivity index (χ4n) is 2.25. The first-order valence-electron chi connectivity index (χ1n) is 8.02. The number of esters is 1. The third kappa shape index (κ3) is 4.08. The number of amides is 1. The number of nitrogens with zero attached hydrogens (tertiary/aromatic N) is 4. The van der Waals surface area contributed by atoms with Gasteiger partial charge in [-0.05, 0) is 44.2 Å². The Balaban J connectivity index is 1.64. The van der Waals surface area contributed by atoms with Crippen LogP contribution >= 0.6 is 0 Å². The van der Waals surface area contributed by atoms with Crippen molar-refractivity contribution in [3.05, 3.63) is 53.6 Å². The molecule has 0 bridgehead atoms. The predicted molar refractivity (Wildman–Crippen MR) is 90.5 cm³/mol. The lowest BCUT2D eigenvalue weighted by Gasteiger charge is -2.13. The van der Waals surface area contributed by atoms with Crippen LogP contribution in [-0.2, 0) is 15.7 Å². The summed E-state index contributed by atoms with van der Waals surface area (Å²) in [7, 11) is 0. The molecular weight excluding hydrogens is 379 g/mol. The number of rotatable bonds is 4. The van der Waals surface area contributed by atoms with E-state index in [2.05, 4.69) is 20.4 Å². The van der Waals surface area contributed by atoms with Crippen LogP contribution in [0.25, 0.3) is 5.78 Å². The molecule has 0 saturated heterocycles. The molecule has 28 heavy (non-hydrogen) atoms. The molecule has 0 aliphatic heterocycles. The summed E-state index contributed by atoms with van der Waals surface area (Å²) >= 11 is 0. The Morgan fingerprint density at radius 1 is 1.18 bits per heavy atom. The van der Waals surface area contributed by atoms with Gasteiger partial charge in [-0.15, -0.1) is 5.10 Å². The van der Waals surface area contributed by atoms with Gasteiger partial charge in [0.15, 0.2) is 6.10 Å². The highest BCUT2D eigenvalue weighted by Gasteiger charge is 2.30. The molecule has 0 aliphatic carbocycles. The van der Waals surface area contributed by atoms with E-state index < -0.39 is 29.7 Å². The van der Waals surface area contributed by atoms with E-state index in [1.807, 2.05) is 0 Å². The molecule has 0 fully saturated rings. The summed E-state index contributed by atoms with van der Waals surface area (Å²) in [6, 6.07) is 5.56. The lowest BCUT2D eigenvalue weighted by atomic mass is 10.2. The third-order valence-corrected chi connectivity index (χ3v) is 3.75. The highest BCUT2D eigenvalue weighted by atomic mass is 19.4. The van der Waals surface area contributed by atoms with E-state index in [-0.39, 0.29) is 17.3 Å². The quantitative estimate of drug-likeness (QED) is 0.685. The minimum Gasteiger partial charge on any atom is -0.447 e. The Morgan fingerprint density at radius 3 is 2.46 bits per heavy atom. The number of carbonyl (C=O) groups excluding carboxylic acids is 2. The maximum Gasteiger partial charge on any atom is 0.416 e. The molecule has 0 radical (unpaired) electrons. The maximum atomic E-state index is 12.6. The number of halogens is 3. The van der Waals surface area contributed by atoms with Crippen LogP contribution in [0.3, 0.4) is 0 Å². The second-order valence-corrected chi connectivity index (χ2v) is 5.85. The average Bonchev–Trinajstić information content (AvgIpc) is 3.07. The molecule has 0 spiro atoms. The van der Waals surface area contributed by atoms with Crippen LogP contribution < -0.4 is 5.32 Å². The van der Waals surface area contributed by atoms with Crippen LogP contribution in [-0.4, -0.2) is 37.6 Å². The Kier molecular flexibility index (Phi) is 4.99. The summed E-state index contributed by atoms with van der Waals surface area (Å²) in [6.07, 6.45) is -4.19. The number of alkyl halides is 3. The second kappa shape index (κ2) is 7.25. The summed E-state index contributed by atoms with van der Waals surface area (Å²) in [5, 5.41) is 6.34. The molecule has 11 heteroatoms. The summed E-state index contributed by atoms with van der Waals surface area (Å²) in [6.45, 7) is 3.06. The molecule has 1 atom stereocenters. The van der Waals surface area contributed by atoms with Crippen LogP contribution in [0, 0.1) is 6.92 Å². The molecular formula is C17H14F3N5O3. The van der Waals surface area contributed by atoms with E-state index >= 15 is 0 Å².